The van der Waals surface area contributed by atoms with Gasteiger partial charge in [-0.2, -0.15) is 0 Å². The van der Waals surface area contributed by atoms with Gasteiger partial charge < -0.3 is 24.8 Å². The highest BCUT2D eigenvalue weighted by molar-refractivity contribution is 7.80. The van der Waals surface area contributed by atoms with Crippen LogP contribution < -0.4 is 15.2 Å². The molecule has 0 amide bonds. The molecule has 12 heteroatoms. The molecule has 0 aromatic heterocycles. The minimum absolute atomic E-state index is 0.0172. The third-order valence-electron chi connectivity index (χ3n) is 4.21. The summed E-state index contributed by atoms with van der Waals surface area (Å²) in [5.41, 5.74) is 6.18. The fraction of sp³-hybridized carbons (Fsp3) is 0.273. The molecule has 34 heavy (non-hydrogen) atoms. The number of hydrogen-bond acceptors (Lipinski definition) is 10. The molecule has 2 N–H and O–H groups in total. The molecule has 0 heterocycles. The Balaban J connectivity index is 1.81. The van der Waals surface area contributed by atoms with Crippen LogP contribution in [0.2, 0.25) is 0 Å². The zero-order valence-corrected chi connectivity index (χ0v) is 18.8. The molecule has 0 atom stereocenters. The van der Waals surface area contributed by atoms with Crippen LogP contribution in [0.3, 0.4) is 0 Å². The lowest BCUT2D eigenvalue weighted by atomic mass is 10.2. The molecule has 180 valence electrons. The molecule has 0 saturated carbocycles. The first-order chi connectivity index (χ1) is 16.3. The quantitative estimate of drug-likeness (QED) is 0.110. The molecule has 11 nitrogen and oxygen atoms in total. The molecule has 2 rings (SSSR count). The summed E-state index contributed by atoms with van der Waals surface area (Å²) in [7, 11) is 0. The van der Waals surface area contributed by atoms with E-state index in [4.69, 9.17) is 32.2 Å². The van der Waals surface area contributed by atoms with E-state index in [9.17, 15) is 24.5 Å². The van der Waals surface area contributed by atoms with Crippen molar-refractivity contribution in [2.75, 3.05) is 13.2 Å². The predicted molar refractivity (Wildman–Crippen MR) is 122 cm³/mol. The SMILES string of the molecule is NC(=S)c1ccc(OC(=O)c2ccccc2OC(=O)CCC(=O)OCCCCO[N+](=O)[O-])cc1. The van der Waals surface area contributed by atoms with Gasteiger partial charge in [-0.3, -0.25) is 9.59 Å². The number of rotatable bonds is 13. The topological polar surface area (TPSA) is 157 Å². The highest BCUT2D eigenvalue weighted by Gasteiger charge is 2.18. The summed E-state index contributed by atoms with van der Waals surface area (Å²) in [6.07, 6.45) is 0.216. The first-order valence-electron chi connectivity index (χ1n) is 10.1. The van der Waals surface area contributed by atoms with E-state index in [1.165, 1.54) is 24.3 Å². The van der Waals surface area contributed by atoms with Crippen LogP contribution >= 0.6 is 12.2 Å². The molecule has 0 radical (unpaired) electrons. The molecule has 0 unspecified atom stereocenters. The summed E-state index contributed by atoms with van der Waals surface area (Å²) in [5.74, 6) is -1.88. The number of benzene rings is 2. The van der Waals surface area contributed by atoms with Gasteiger partial charge in [0.05, 0.1) is 26.1 Å². The average Bonchev–Trinajstić information content (AvgIpc) is 2.80. The number of carbonyl (C=O) groups excluding carboxylic acids is 3. The molecule has 0 aliphatic heterocycles. The minimum Gasteiger partial charge on any atom is -0.466 e. The van der Waals surface area contributed by atoms with Gasteiger partial charge in [0.25, 0.3) is 5.09 Å². The average molecular weight is 490 g/mol. The molecule has 2 aromatic rings. The number of carbonyl (C=O) groups is 3. The molecular formula is C22H22N2O9S. The Hall–Kier alpha value is -4.06. The molecule has 2 aromatic carbocycles. The zero-order chi connectivity index (χ0) is 24.9. The number of thiocarbonyl (C=S) groups is 1. The van der Waals surface area contributed by atoms with Gasteiger partial charge in [-0.25, -0.2) is 4.79 Å². The number of nitrogens with zero attached hydrogens (tertiary/aromatic N) is 1. The molecule has 0 aliphatic carbocycles. The van der Waals surface area contributed by atoms with Crippen LogP contribution in [0, 0.1) is 10.1 Å². The monoisotopic (exact) mass is 490 g/mol. The molecule has 0 saturated heterocycles. The summed E-state index contributed by atoms with van der Waals surface area (Å²) in [6.45, 7) is -0.0481. The standard InChI is InChI=1S/C22H22N2O9S/c23-21(34)15-7-9-16(10-8-15)32-22(27)17-5-1-2-6-18(17)33-20(26)12-11-19(25)30-13-3-4-14-31-24(28)29/h1-2,5-10H,3-4,11-14H2,(H2,23,34). The van der Waals surface area contributed by atoms with E-state index in [2.05, 4.69) is 4.84 Å². The maximum absolute atomic E-state index is 12.5. The van der Waals surface area contributed by atoms with Gasteiger partial charge in [0.1, 0.15) is 22.1 Å². The van der Waals surface area contributed by atoms with Crippen LogP contribution in [0.4, 0.5) is 0 Å². The Morgan fingerprint density at radius 3 is 2.24 bits per heavy atom. The summed E-state index contributed by atoms with van der Waals surface area (Å²) >= 11 is 4.88. The lowest BCUT2D eigenvalue weighted by Gasteiger charge is -2.10. The normalized spacial score (nSPS) is 10.1. The Morgan fingerprint density at radius 2 is 1.56 bits per heavy atom. The summed E-state index contributed by atoms with van der Waals surface area (Å²) in [4.78, 5) is 50.8. The van der Waals surface area contributed by atoms with Crippen molar-refractivity contribution >= 4 is 35.1 Å². The van der Waals surface area contributed by atoms with Crippen molar-refractivity contribution in [1.29, 1.82) is 0 Å². The van der Waals surface area contributed by atoms with Gasteiger partial charge in [0.15, 0.2) is 0 Å². The zero-order valence-electron chi connectivity index (χ0n) is 18.0. The van der Waals surface area contributed by atoms with E-state index in [0.29, 0.717) is 18.4 Å². The Labute approximate surface area is 199 Å². The maximum Gasteiger partial charge on any atom is 0.347 e. The van der Waals surface area contributed by atoms with Crippen molar-refractivity contribution in [3.05, 3.63) is 69.8 Å². The lowest BCUT2D eigenvalue weighted by molar-refractivity contribution is -0.757. The van der Waals surface area contributed by atoms with Gasteiger partial charge in [0, 0.05) is 5.56 Å². The van der Waals surface area contributed by atoms with Crippen LogP contribution in [0.5, 0.6) is 11.5 Å². The molecule has 0 aliphatic rings. The van der Waals surface area contributed by atoms with Crippen molar-refractivity contribution in [3.8, 4) is 11.5 Å². The second-order valence-electron chi connectivity index (χ2n) is 6.73. The number of ether oxygens (including phenoxy) is 3. The van der Waals surface area contributed by atoms with E-state index in [-0.39, 0.29) is 48.1 Å². The highest BCUT2D eigenvalue weighted by atomic mass is 32.1. The van der Waals surface area contributed by atoms with Crippen molar-refractivity contribution in [1.82, 2.24) is 0 Å². The number of unbranched alkanes of at least 4 members (excludes halogenated alkanes) is 1. The van der Waals surface area contributed by atoms with Gasteiger partial charge in [0.2, 0.25) is 0 Å². The van der Waals surface area contributed by atoms with Crippen molar-refractivity contribution in [3.63, 3.8) is 0 Å². The van der Waals surface area contributed by atoms with E-state index in [1.807, 2.05) is 0 Å². The van der Waals surface area contributed by atoms with Gasteiger partial charge in [-0.1, -0.05) is 24.4 Å². The van der Waals surface area contributed by atoms with Gasteiger partial charge in [-0.05, 0) is 49.2 Å². The fourth-order valence-corrected chi connectivity index (χ4v) is 2.69. The first kappa shape index (κ1) is 26.2. The largest absolute Gasteiger partial charge is 0.466 e. The van der Waals surface area contributed by atoms with Crippen molar-refractivity contribution in [2.45, 2.75) is 25.7 Å². The first-order valence-corrected chi connectivity index (χ1v) is 10.5. The minimum atomic E-state index is -0.898. The van der Waals surface area contributed by atoms with E-state index >= 15 is 0 Å². The summed E-state index contributed by atoms with van der Waals surface area (Å²) in [6, 6.07) is 12.3. The van der Waals surface area contributed by atoms with Gasteiger partial charge >= 0.3 is 17.9 Å². The van der Waals surface area contributed by atoms with Crippen LogP contribution in [0.15, 0.2) is 48.5 Å². The third-order valence-corrected chi connectivity index (χ3v) is 4.45. The molecule has 0 spiro atoms. The number of esters is 3. The van der Waals surface area contributed by atoms with Crippen molar-refractivity contribution < 1.29 is 38.5 Å². The Kier molecular flexibility index (Phi) is 10.4. The number of hydrogen-bond donors (Lipinski definition) is 1. The van der Waals surface area contributed by atoms with Crippen LogP contribution in [-0.2, 0) is 19.2 Å². The van der Waals surface area contributed by atoms with Gasteiger partial charge in [-0.15, -0.1) is 10.1 Å². The number of para-hydroxylation sites is 1. The third kappa shape index (κ3) is 9.20. The summed E-state index contributed by atoms with van der Waals surface area (Å²) < 4.78 is 15.5. The maximum atomic E-state index is 12.5. The van der Waals surface area contributed by atoms with E-state index in [1.54, 1.807) is 24.3 Å². The lowest BCUT2D eigenvalue weighted by Crippen LogP contribution is -2.16. The predicted octanol–water partition coefficient (Wildman–Crippen LogP) is 2.76. The Bertz CT molecular complexity index is 1040. The Morgan fingerprint density at radius 1 is 0.912 bits per heavy atom. The second kappa shape index (κ2) is 13.5. The molecule has 0 bridgehead atoms. The van der Waals surface area contributed by atoms with Crippen molar-refractivity contribution in [2.24, 2.45) is 5.73 Å². The highest BCUT2D eigenvalue weighted by Crippen LogP contribution is 2.22. The van der Waals surface area contributed by atoms with Crippen LogP contribution in [-0.4, -0.2) is 41.2 Å². The fourth-order valence-electron chi connectivity index (χ4n) is 2.55. The van der Waals surface area contributed by atoms with E-state index in [0.717, 1.165) is 0 Å². The second-order valence-corrected chi connectivity index (χ2v) is 7.17. The van der Waals surface area contributed by atoms with Crippen LogP contribution in [0.1, 0.15) is 41.6 Å². The van der Waals surface area contributed by atoms with Crippen LogP contribution in [0.25, 0.3) is 0 Å². The molecular weight excluding hydrogens is 468 g/mol. The summed E-state index contributed by atoms with van der Waals surface area (Å²) in [5, 5.41) is 9.12. The smallest absolute Gasteiger partial charge is 0.347 e. The van der Waals surface area contributed by atoms with E-state index < -0.39 is 23.0 Å². The number of nitrogens with two attached hydrogens (primary N) is 1. The molecule has 0 fully saturated rings.